The third kappa shape index (κ3) is 5.56. The van der Waals surface area contributed by atoms with E-state index >= 15 is 0 Å². The second-order valence-electron chi connectivity index (χ2n) is 8.79. The number of nitrogens with zero attached hydrogens (tertiary/aromatic N) is 3. The summed E-state index contributed by atoms with van der Waals surface area (Å²) in [6.07, 6.45) is 0. The van der Waals surface area contributed by atoms with Crippen LogP contribution in [0.25, 0.3) is 11.1 Å². The topological polar surface area (TPSA) is 70.2 Å². The van der Waals surface area contributed by atoms with Gasteiger partial charge in [-0.3, -0.25) is 4.79 Å². The minimum atomic E-state index is -3.68. The van der Waals surface area contributed by atoms with Crippen molar-refractivity contribution in [3.63, 3.8) is 0 Å². The van der Waals surface area contributed by atoms with Crippen molar-refractivity contribution in [2.75, 3.05) is 52.3 Å². The minimum absolute atomic E-state index is 0.100. The lowest BCUT2D eigenvalue weighted by Crippen LogP contribution is -2.38. The van der Waals surface area contributed by atoms with Crippen LogP contribution in [0.2, 0.25) is 0 Å². The average molecular weight is 494 g/mol. The van der Waals surface area contributed by atoms with Crippen molar-refractivity contribution < 1.29 is 17.9 Å². The molecule has 35 heavy (non-hydrogen) atoms. The van der Waals surface area contributed by atoms with Crippen molar-refractivity contribution in [1.29, 1.82) is 0 Å². The van der Waals surface area contributed by atoms with Gasteiger partial charge in [-0.25, -0.2) is 12.7 Å². The molecule has 8 heteroatoms. The average Bonchev–Trinajstić information content (AvgIpc) is 2.89. The molecule has 0 aliphatic carbocycles. The summed E-state index contributed by atoms with van der Waals surface area (Å²) in [5.41, 5.74) is 4.34. The molecule has 1 saturated heterocycles. The molecule has 1 heterocycles. The smallest absolute Gasteiger partial charge is 0.256 e. The number of hydrogen-bond donors (Lipinski definition) is 0. The summed E-state index contributed by atoms with van der Waals surface area (Å²) < 4.78 is 32.2. The van der Waals surface area contributed by atoms with Crippen LogP contribution in [0.5, 0.6) is 0 Å². The second-order valence-corrected chi connectivity index (χ2v) is 10.9. The van der Waals surface area contributed by atoms with Gasteiger partial charge in [0, 0.05) is 46.5 Å². The quantitative estimate of drug-likeness (QED) is 0.502. The molecule has 184 valence electrons. The molecule has 0 bridgehead atoms. The number of ether oxygens (including phenoxy) is 1. The van der Waals surface area contributed by atoms with Crippen molar-refractivity contribution in [2.24, 2.45) is 0 Å². The molecule has 0 spiro atoms. The van der Waals surface area contributed by atoms with E-state index in [-0.39, 0.29) is 10.8 Å². The summed E-state index contributed by atoms with van der Waals surface area (Å²) in [6.45, 7) is 2.82. The van der Waals surface area contributed by atoms with E-state index in [0.29, 0.717) is 38.4 Å². The van der Waals surface area contributed by atoms with Crippen molar-refractivity contribution in [3.05, 3.63) is 83.9 Å². The number of anilines is 1. The first kappa shape index (κ1) is 24.9. The predicted molar refractivity (Wildman–Crippen MR) is 138 cm³/mol. The summed E-state index contributed by atoms with van der Waals surface area (Å²) >= 11 is 0. The van der Waals surface area contributed by atoms with E-state index in [0.717, 1.165) is 26.7 Å². The normalized spacial score (nSPS) is 14.2. The minimum Gasteiger partial charge on any atom is -0.378 e. The molecule has 1 aliphatic heterocycles. The Kier molecular flexibility index (Phi) is 7.54. The number of carbonyl (C=O) groups is 1. The molecular formula is C27H31N3O4S. The first-order chi connectivity index (χ1) is 16.8. The van der Waals surface area contributed by atoms with E-state index in [1.54, 1.807) is 24.1 Å². The fourth-order valence-electron chi connectivity index (χ4n) is 4.12. The number of hydrogen-bond acceptors (Lipinski definition) is 5. The zero-order chi connectivity index (χ0) is 25.0. The highest BCUT2D eigenvalue weighted by Gasteiger charge is 2.25. The number of morpholine rings is 1. The summed E-state index contributed by atoms with van der Waals surface area (Å²) in [4.78, 5) is 17.4. The molecule has 0 aromatic heterocycles. The Morgan fingerprint density at radius 2 is 1.51 bits per heavy atom. The Hall–Kier alpha value is -3.20. The van der Waals surface area contributed by atoms with E-state index < -0.39 is 10.0 Å². The van der Waals surface area contributed by atoms with Gasteiger partial charge < -0.3 is 14.5 Å². The maximum atomic E-state index is 13.6. The highest BCUT2D eigenvalue weighted by Crippen LogP contribution is 2.28. The maximum absolute atomic E-state index is 13.6. The van der Waals surface area contributed by atoms with E-state index in [9.17, 15) is 13.2 Å². The molecule has 1 aliphatic rings. The van der Waals surface area contributed by atoms with Gasteiger partial charge in [-0.05, 0) is 34.9 Å². The Morgan fingerprint density at radius 1 is 0.886 bits per heavy atom. The van der Waals surface area contributed by atoms with E-state index in [2.05, 4.69) is 17.0 Å². The number of benzene rings is 3. The third-order valence-corrected chi connectivity index (χ3v) is 7.97. The molecule has 0 atom stereocenters. The summed E-state index contributed by atoms with van der Waals surface area (Å²) in [5, 5.41) is 0. The zero-order valence-electron chi connectivity index (χ0n) is 20.3. The van der Waals surface area contributed by atoms with Gasteiger partial charge in [0.15, 0.2) is 0 Å². The summed E-state index contributed by atoms with van der Waals surface area (Å²) in [6, 6.07) is 23.1. The highest BCUT2D eigenvalue weighted by atomic mass is 32.2. The third-order valence-electron chi connectivity index (χ3n) is 6.16. The SMILES string of the molecule is CN(Cc1ccc(-c2ccccc2)cc1)C(=O)c1cc(S(=O)(=O)N(C)C)ccc1N1CCOCC1. The molecule has 1 fully saturated rings. The number of rotatable bonds is 7. The molecule has 0 radical (unpaired) electrons. The van der Waals surface area contributed by atoms with Gasteiger partial charge in [0.25, 0.3) is 5.91 Å². The molecular weight excluding hydrogens is 462 g/mol. The van der Waals surface area contributed by atoms with Crippen molar-refractivity contribution in [2.45, 2.75) is 11.4 Å². The van der Waals surface area contributed by atoms with Crippen LogP contribution in [0.15, 0.2) is 77.7 Å². The van der Waals surface area contributed by atoms with Crippen LogP contribution in [-0.2, 0) is 21.3 Å². The fraction of sp³-hybridized carbons (Fsp3) is 0.296. The maximum Gasteiger partial charge on any atom is 0.256 e. The molecule has 0 saturated carbocycles. The van der Waals surface area contributed by atoms with Crippen LogP contribution in [-0.4, -0.2) is 71.0 Å². The zero-order valence-corrected chi connectivity index (χ0v) is 21.2. The van der Waals surface area contributed by atoms with Crippen LogP contribution in [0.4, 0.5) is 5.69 Å². The van der Waals surface area contributed by atoms with Gasteiger partial charge in [-0.15, -0.1) is 0 Å². The number of sulfonamides is 1. The van der Waals surface area contributed by atoms with Crippen molar-refractivity contribution in [1.82, 2.24) is 9.21 Å². The highest BCUT2D eigenvalue weighted by molar-refractivity contribution is 7.89. The van der Waals surface area contributed by atoms with Crippen LogP contribution >= 0.6 is 0 Å². The first-order valence-corrected chi connectivity index (χ1v) is 13.0. The fourth-order valence-corrected chi connectivity index (χ4v) is 5.05. The number of amides is 1. The van der Waals surface area contributed by atoms with Crippen molar-refractivity contribution in [3.8, 4) is 11.1 Å². The molecule has 0 unspecified atom stereocenters. The van der Waals surface area contributed by atoms with Gasteiger partial charge >= 0.3 is 0 Å². The predicted octanol–water partition coefficient (Wildman–Crippen LogP) is 3.71. The standard InChI is InChI=1S/C27H31N3O4S/c1-28(2)35(32,33)24-13-14-26(30-15-17-34-18-16-30)25(19-24)27(31)29(3)20-21-9-11-23(12-10-21)22-7-5-4-6-8-22/h4-14,19H,15-18,20H2,1-3H3. The van der Waals surface area contributed by atoms with Crippen LogP contribution in [0.1, 0.15) is 15.9 Å². The van der Waals surface area contributed by atoms with Crippen LogP contribution in [0, 0.1) is 0 Å². The summed E-state index contributed by atoms with van der Waals surface area (Å²) in [5.74, 6) is -0.227. The molecule has 3 aromatic carbocycles. The second kappa shape index (κ2) is 10.6. The van der Waals surface area contributed by atoms with Crippen LogP contribution < -0.4 is 4.90 Å². The van der Waals surface area contributed by atoms with E-state index in [4.69, 9.17) is 4.74 Å². The molecule has 0 N–H and O–H groups in total. The van der Waals surface area contributed by atoms with Gasteiger partial charge in [-0.2, -0.15) is 0 Å². The monoisotopic (exact) mass is 493 g/mol. The molecule has 3 aromatic rings. The number of carbonyl (C=O) groups excluding carboxylic acids is 1. The summed E-state index contributed by atoms with van der Waals surface area (Å²) in [7, 11) is 1.03. The molecule has 1 amide bonds. The van der Waals surface area contributed by atoms with Gasteiger partial charge in [0.1, 0.15) is 0 Å². The Labute approximate surface area is 207 Å². The van der Waals surface area contributed by atoms with Crippen LogP contribution in [0.3, 0.4) is 0 Å². The molecule has 4 rings (SSSR count). The largest absolute Gasteiger partial charge is 0.378 e. The van der Waals surface area contributed by atoms with E-state index in [1.165, 1.54) is 20.2 Å². The Morgan fingerprint density at radius 3 is 2.14 bits per heavy atom. The molecule has 7 nitrogen and oxygen atoms in total. The Balaban J connectivity index is 1.61. The lowest BCUT2D eigenvalue weighted by molar-refractivity contribution is 0.0784. The van der Waals surface area contributed by atoms with Crippen molar-refractivity contribution >= 4 is 21.6 Å². The van der Waals surface area contributed by atoms with Gasteiger partial charge in [0.2, 0.25) is 10.0 Å². The van der Waals surface area contributed by atoms with E-state index in [1.807, 2.05) is 42.5 Å². The first-order valence-electron chi connectivity index (χ1n) is 11.6. The van der Waals surface area contributed by atoms with Gasteiger partial charge in [-0.1, -0.05) is 54.6 Å². The van der Waals surface area contributed by atoms with Gasteiger partial charge in [0.05, 0.1) is 23.7 Å². The Bertz CT molecular complexity index is 1270. The lowest BCUT2D eigenvalue weighted by Gasteiger charge is -2.31. The lowest BCUT2D eigenvalue weighted by atomic mass is 10.0.